The number of thiophene rings is 1. The van der Waals surface area contributed by atoms with E-state index in [9.17, 15) is 9.59 Å². The Kier molecular flexibility index (Phi) is 4.43. The van der Waals surface area contributed by atoms with Gasteiger partial charge in [-0.05, 0) is 37.5 Å². The maximum Gasteiger partial charge on any atom is 0.262 e. The van der Waals surface area contributed by atoms with Crippen LogP contribution in [0.15, 0.2) is 29.1 Å². The quantitative estimate of drug-likeness (QED) is 0.545. The second-order valence-corrected chi connectivity index (χ2v) is 8.41. The predicted octanol–water partition coefficient (Wildman–Crippen LogP) is 3.30. The van der Waals surface area contributed by atoms with E-state index in [-0.39, 0.29) is 11.5 Å². The molecular formula is C21H21N5O2S. The lowest BCUT2D eigenvalue weighted by Crippen LogP contribution is -2.25. The molecule has 0 aliphatic carbocycles. The van der Waals surface area contributed by atoms with E-state index in [2.05, 4.69) is 15.3 Å². The fraction of sp³-hybridized carbons (Fsp3) is 0.333. The second-order valence-electron chi connectivity index (χ2n) is 7.42. The van der Waals surface area contributed by atoms with Crippen LogP contribution in [0.4, 0.5) is 0 Å². The molecule has 1 aliphatic rings. The number of aryl methyl sites for hydroxylation is 2. The summed E-state index contributed by atoms with van der Waals surface area (Å²) in [5, 5.41) is 3.50. The summed E-state index contributed by atoms with van der Waals surface area (Å²) in [4.78, 5) is 39.5. The smallest absolute Gasteiger partial charge is 0.262 e. The molecular weight excluding hydrogens is 386 g/mol. The first-order valence-electron chi connectivity index (χ1n) is 9.86. The molecule has 3 aromatic heterocycles. The second kappa shape index (κ2) is 7.11. The molecule has 148 valence electrons. The fourth-order valence-electron chi connectivity index (χ4n) is 3.96. The van der Waals surface area contributed by atoms with Gasteiger partial charge in [0.05, 0.1) is 27.8 Å². The number of rotatable bonds is 3. The summed E-state index contributed by atoms with van der Waals surface area (Å²) >= 11 is 1.30. The Morgan fingerprint density at radius 1 is 1.24 bits per heavy atom. The molecule has 0 atom stereocenters. The van der Waals surface area contributed by atoms with E-state index in [0.717, 1.165) is 42.5 Å². The van der Waals surface area contributed by atoms with E-state index in [1.54, 1.807) is 4.57 Å². The van der Waals surface area contributed by atoms with Crippen molar-refractivity contribution in [2.24, 2.45) is 0 Å². The van der Waals surface area contributed by atoms with Gasteiger partial charge in [0.25, 0.3) is 11.5 Å². The van der Waals surface area contributed by atoms with Gasteiger partial charge in [-0.15, -0.1) is 11.3 Å². The largest absolute Gasteiger partial charge is 0.344 e. The van der Waals surface area contributed by atoms with Gasteiger partial charge in [-0.2, -0.15) is 0 Å². The van der Waals surface area contributed by atoms with Crippen LogP contribution in [0, 0.1) is 6.92 Å². The highest BCUT2D eigenvalue weighted by atomic mass is 32.1. The number of imidazole rings is 1. The third-order valence-electron chi connectivity index (χ3n) is 5.47. The number of nitrogens with one attached hydrogen (secondary N) is 2. The van der Waals surface area contributed by atoms with Crippen LogP contribution >= 0.6 is 11.3 Å². The third kappa shape index (κ3) is 3.13. The molecule has 1 aliphatic heterocycles. The Balaban J connectivity index is 1.45. The van der Waals surface area contributed by atoms with Crippen molar-refractivity contribution in [3.63, 3.8) is 0 Å². The molecule has 4 aromatic rings. The van der Waals surface area contributed by atoms with Gasteiger partial charge in [0, 0.05) is 13.0 Å². The monoisotopic (exact) mass is 407 g/mol. The number of benzene rings is 1. The van der Waals surface area contributed by atoms with Gasteiger partial charge in [-0.3, -0.25) is 14.2 Å². The number of carbonyl (C=O) groups is 1. The van der Waals surface area contributed by atoms with Crippen molar-refractivity contribution >= 4 is 38.5 Å². The highest BCUT2D eigenvalue weighted by Crippen LogP contribution is 2.28. The third-order valence-corrected chi connectivity index (χ3v) is 6.66. The molecule has 2 N–H and O–H groups in total. The first-order chi connectivity index (χ1) is 14.1. The van der Waals surface area contributed by atoms with Crippen molar-refractivity contribution < 1.29 is 4.79 Å². The van der Waals surface area contributed by atoms with Crippen molar-refractivity contribution in [1.82, 2.24) is 24.8 Å². The van der Waals surface area contributed by atoms with Gasteiger partial charge in [0.1, 0.15) is 16.5 Å². The van der Waals surface area contributed by atoms with E-state index >= 15 is 0 Å². The van der Waals surface area contributed by atoms with Crippen LogP contribution in [0.5, 0.6) is 0 Å². The number of carbonyl (C=O) groups excluding carboxylic acids is 1. The van der Waals surface area contributed by atoms with Crippen LogP contribution in [0.2, 0.25) is 0 Å². The van der Waals surface area contributed by atoms with Crippen molar-refractivity contribution in [1.29, 1.82) is 0 Å². The van der Waals surface area contributed by atoms with Crippen LogP contribution in [-0.4, -0.2) is 25.4 Å². The maximum absolute atomic E-state index is 13.0. The lowest BCUT2D eigenvalue weighted by atomic mass is 10.2. The summed E-state index contributed by atoms with van der Waals surface area (Å²) in [6.07, 6.45) is 3.97. The van der Waals surface area contributed by atoms with Crippen molar-refractivity contribution in [2.75, 3.05) is 0 Å². The zero-order valence-electron chi connectivity index (χ0n) is 16.1. The molecule has 0 saturated heterocycles. The number of amides is 1. The van der Waals surface area contributed by atoms with Gasteiger partial charge in [-0.25, -0.2) is 9.97 Å². The standard InChI is InChI=1S/C21H21N5O2S/c1-12-17-20(25-16-9-3-2-6-10-26(16)21(17)28)29-18(12)19(27)22-11-15-23-13-7-4-5-8-14(13)24-15/h4-5,7-8H,2-3,6,9-11H2,1H3,(H,22,27)(H,23,24). The number of para-hydroxylation sites is 2. The minimum absolute atomic E-state index is 0.0167. The molecule has 0 saturated carbocycles. The number of hydrogen-bond donors (Lipinski definition) is 2. The summed E-state index contributed by atoms with van der Waals surface area (Å²) in [6, 6.07) is 7.75. The molecule has 29 heavy (non-hydrogen) atoms. The number of H-pyrrole nitrogens is 1. The van der Waals surface area contributed by atoms with Gasteiger partial charge in [0.15, 0.2) is 0 Å². The SMILES string of the molecule is Cc1c(C(=O)NCc2nc3ccccc3[nH]2)sc2nc3n(c(=O)c12)CCCCC3. The van der Waals surface area contributed by atoms with Crippen LogP contribution < -0.4 is 10.9 Å². The van der Waals surface area contributed by atoms with Gasteiger partial charge in [0.2, 0.25) is 0 Å². The highest BCUT2D eigenvalue weighted by Gasteiger charge is 2.22. The van der Waals surface area contributed by atoms with Crippen molar-refractivity contribution in [3.8, 4) is 0 Å². The Labute approximate surface area is 170 Å². The zero-order chi connectivity index (χ0) is 20.0. The van der Waals surface area contributed by atoms with E-state index in [1.807, 2.05) is 31.2 Å². The molecule has 0 radical (unpaired) electrons. The summed E-state index contributed by atoms with van der Waals surface area (Å²) in [5.74, 6) is 1.34. The Morgan fingerprint density at radius 2 is 2.10 bits per heavy atom. The van der Waals surface area contributed by atoms with E-state index < -0.39 is 0 Å². The maximum atomic E-state index is 13.0. The molecule has 5 rings (SSSR count). The summed E-state index contributed by atoms with van der Waals surface area (Å²) in [6.45, 7) is 2.84. The zero-order valence-corrected chi connectivity index (χ0v) is 16.9. The molecule has 0 fully saturated rings. The van der Waals surface area contributed by atoms with E-state index in [1.165, 1.54) is 11.3 Å². The lowest BCUT2D eigenvalue weighted by molar-refractivity contribution is 0.0953. The highest BCUT2D eigenvalue weighted by molar-refractivity contribution is 7.20. The van der Waals surface area contributed by atoms with Gasteiger partial charge in [-0.1, -0.05) is 18.6 Å². The molecule has 0 spiro atoms. The first kappa shape index (κ1) is 18.1. The van der Waals surface area contributed by atoms with Crippen LogP contribution in [-0.2, 0) is 19.5 Å². The Hall–Kier alpha value is -3.00. The summed E-state index contributed by atoms with van der Waals surface area (Å²) in [5.41, 5.74) is 2.50. The Morgan fingerprint density at radius 3 is 2.97 bits per heavy atom. The lowest BCUT2D eigenvalue weighted by Gasteiger charge is -2.08. The Bertz CT molecular complexity index is 1270. The van der Waals surface area contributed by atoms with Gasteiger partial charge >= 0.3 is 0 Å². The van der Waals surface area contributed by atoms with E-state index in [4.69, 9.17) is 4.98 Å². The molecule has 7 nitrogen and oxygen atoms in total. The predicted molar refractivity (Wildman–Crippen MR) is 113 cm³/mol. The summed E-state index contributed by atoms with van der Waals surface area (Å²) < 4.78 is 1.80. The normalized spacial score (nSPS) is 14.1. The molecule has 1 aromatic carbocycles. The van der Waals surface area contributed by atoms with Crippen LogP contribution in [0.1, 0.15) is 46.1 Å². The number of nitrogens with zero attached hydrogens (tertiary/aromatic N) is 3. The number of aromatic amines is 1. The molecule has 4 heterocycles. The number of aromatic nitrogens is 4. The van der Waals surface area contributed by atoms with Crippen LogP contribution in [0.3, 0.4) is 0 Å². The minimum atomic E-state index is -0.203. The van der Waals surface area contributed by atoms with Crippen molar-refractivity contribution in [3.05, 3.63) is 56.7 Å². The molecule has 0 bridgehead atoms. The van der Waals surface area contributed by atoms with E-state index in [0.29, 0.717) is 39.6 Å². The summed E-state index contributed by atoms with van der Waals surface area (Å²) in [7, 11) is 0. The van der Waals surface area contributed by atoms with Gasteiger partial charge < -0.3 is 10.3 Å². The molecule has 8 heteroatoms. The minimum Gasteiger partial charge on any atom is -0.344 e. The fourth-order valence-corrected chi connectivity index (χ4v) is 5.07. The topological polar surface area (TPSA) is 92.7 Å². The number of hydrogen-bond acceptors (Lipinski definition) is 5. The number of fused-ring (bicyclic) bond motifs is 3. The first-order valence-corrected chi connectivity index (χ1v) is 10.7. The molecule has 1 amide bonds. The molecule has 0 unspecified atom stereocenters. The van der Waals surface area contributed by atoms with Crippen LogP contribution in [0.25, 0.3) is 21.3 Å². The average molecular weight is 407 g/mol. The average Bonchev–Trinajstić information content (AvgIpc) is 3.18. The van der Waals surface area contributed by atoms with Crippen molar-refractivity contribution in [2.45, 2.75) is 45.7 Å².